The Morgan fingerprint density at radius 3 is 2.46 bits per heavy atom. The predicted octanol–water partition coefficient (Wildman–Crippen LogP) is 4.26. The van der Waals surface area contributed by atoms with E-state index in [-0.39, 0.29) is 16.8 Å². The lowest BCUT2D eigenvalue weighted by molar-refractivity contribution is -0.113. The average molecular weight is 577 g/mol. The lowest BCUT2D eigenvalue weighted by Crippen LogP contribution is -2.40. The summed E-state index contributed by atoms with van der Waals surface area (Å²) in [4.78, 5) is 14.0. The van der Waals surface area contributed by atoms with Crippen LogP contribution >= 0.6 is 0 Å². The van der Waals surface area contributed by atoms with Crippen molar-refractivity contribution in [2.75, 3.05) is 45.8 Å². The molecule has 1 atom stereocenters. The van der Waals surface area contributed by atoms with Gasteiger partial charge >= 0.3 is 0 Å². The summed E-state index contributed by atoms with van der Waals surface area (Å²) in [6, 6.07) is 20.7. The van der Waals surface area contributed by atoms with Gasteiger partial charge in [0.1, 0.15) is 5.75 Å². The van der Waals surface area contributed by atoms with Gasteiger partial charge in [-0.3, -0.25) is 4.79 Å². The van der Waals surface area contributed by atoms with Crippen LogP contribution in [0.5, 0.6) is 5.75 Å². The number of carbonyl (C=O) groups excluding carboxylic acids is 1. The molecule has 41 heavy (non-hydrogen) atoms. The smallest absolute Gasteiger partial charge is 0.255 e. The standard InChI is InChI=1S/C31H36N4O5S/c1-22-8-11-25(12-9-22)30-28(21-34(33(30)3)20-24-6-5-7-27(18-24)39-4)31(36)32-26-13-10-23(2)29(19-26)41(37,38)35-14-16-40-17-15-35/h5-13,18-19,21,30H,14-17,20H2,1-4H3,(H,32,36). The molecule has 9 nitrogen and oxygen atoms in total. The van der Waals surface area contributed by atoms with Crippen molar-refractivity contribution in [3.8, 4) is 5.75 Å². The molecular weight excluding hydrogens is 540 g/mol. The topological polar surface area (TPSA) is 91.4 Å². The monoisotopic (exact) mass is 576 g/mol. The molecule has 216 valence electrons. The van der Waals surface area contributed by atoms with E-state index in [2.05, 4.69) is 5.32 Å². The van der Waals surface area contributed by atoms with E-state index in [0.717, 1.165) is 22.4 Å². The van der Waals surface area contributed by atoms with Crippen LogP contribution in [-0.2, 0) is 26.1 Å². The van der Waals surface area contributed by atoms with E-state index >= 15 is 0 Å². The second kappa shape index (κ2) is 12.0. The van der Waals surface area contributed by atoms with Crippen molar-refractivity contribution in [3.63, 3.8) is 0 Å². The Morgan fingerprint density at radius 2 is 1.76 bits per heavy atom. The van der Waals surface area contributed by atoms with Gasteiger partial charge in [0, 0.05) is 32.0 Å². The normalized spacial score (nSPS) is 18.3. The molecule has 1 fully saturated rings. The van der Waals surface area contributed by atoms with Crippen LogP contribution in [0.15, 0.2) is 83.4 Å². The van der Waals surface area contributed by atoms with E-state index in [4.69, 9.17) is 9.47 Å². The SMILES string of the molecule is COc1cccc(CN2C=C(C(=O)Nc3ccc(C)c(S(=O)(=O)N4CCOCC4)c3)C(c3ccc(C)cc3)N2C)c1. The number of anilines is 1. The summed E-state index contributed by atoms with van der Waals surface area (Å²) in [5, 5.41) is 7.03. The fraction of sp³-hybridized carbons (Fsp3) is 0.323. The fourth-order valence-electron chi connectivity index (χ4n) is 5.20. The third kappa shape index (κ3) is 6.15. The van der Waals surface area contributed by atoms with Crippen molar-refractivity contribution < 1.29 is 22.7 Å². The van der Waals surface area contributed by atoms with Crippen molar-refractivity contribution in [3.05, 3.63) is 101 Å². The van der Waals surface area contributed by atoms with Crippen LogP contribution in [0.25, 0.3) is 0 Å². The summed E-state index contributed by atoms with van der Waals surface area (Å²) in [7, 11) is -0.128. The molecule has 2 aliphatic heterocycles. The molecule has 1 saturated heterocycles. The second-order valence-electron chi connectivity index (χ2n) is 10.4. The minimum Gasteiger partial charge on any atom is -0.497 e. The summed E-state index contributed by atoms with van der Waals surface area (Å²) >= 11 is 0. The van der Waals surface area contributed by atoms with E-state index in [1.165, 1.54) is 4.31 Å². The lowest BCUT2D eigenvalue weighted by atomic mass is 9.98. The number of carbonyl (C=O) groups is 1. The maximum atomic E-state index is 13.8. The van der Waals surface area contributed by atoms with Crippen molar-refractivity contribution in [1.82, 2.24) is 14.3 Å². The third-order valence-corrected chi connectivity index (χ3v) is 9.57. The van der Waals surface area contributed by atoms with E-state index in [1.54, 1.807) is 32.2 Å². The molecule has 0 radical (unpaired) electrons. The molecule has 0 aromatic heterocycles. The molecule has 0 spiro atoms. The van der Waals surface area contributed by atoms with Gasteiger partial charge in [0.25, 0.3) is 5.91 Å². The molecule has 1 unspecified atom stereocenters. The van der Waals surface area contributed by atoms with Crippen LogP contribution in [0, 0.1) is 13.8 Å². The second-order valence-corrected chi connectivity index (χ2v) is 12.3. The summed E-state index contributed by atoms with van der Waals surface area (Å²) in [6.45, 7) is 5.67. The van der Waals surface area contributed by atoms with Crippen molar-refractivity contribution >= 4 is 21.6 Å². The Hall–Kier alpha value is -3.70. The molecule has 0 saturated carbocycles. The number of amides is 1. The van der Waals surface area contributed by atoms with Crippen molar-refractivity contribution in [1.29, 1.82) is 0 Å². The fourth-order valence-corrected chi connectivity index (χ4v) is 6.86. The summed E-state index contributed by atoms with van der Waals surface area (Å²) in [6.07, 6.45) is 1.86. The average Bonchev–Trinajstić information content (AvgIpc) is 3.30. The van der Waals surface area contributed by atoms with Gasteiger partial charge in [0.2, 0.25) is 10.0 Å². The Balaban J connectivity index is 1.44. The first-order valence-electron chi connectivity index (χ1n) is 13.6. The molecule has 10 heteroatoms. The van der Waals surface area contributed by atoms with Crippen LogP contribution in [0.4, 0.5) is 5.69 Å². The maximum absolute atomic E-state index is 13.8. The number of nitrogens with one attached hydrogen (secondary N) is 1. The van der Waals surface area contributed by atoms with Crippen molar-refractivity contribution in [2.24, 2.45) is 0 Å². The minimum absolute atomic E-state index is 0.185. The highest BCUT2D eigenvalue weighted by Gasteiger charge is 2.36. The number of rotatable bonds is 8. The molecule has 1 amide bonds. The number of hydrogen-bond donors (Lipinski definition) is 1. The Morgan fingerprint density at radius 1 is 1.02 bits per heavy atom. The quantitative estimate of drug-likeness (QED) is 0.429. The number of morpholine rings is 1. The first kappa shape index (κ1) is 28.8. The first-order valence-corrected chi connectivity index (χ1v) is 15.0. The van der Waals surface area contributed by atoms with Crippen LogP contribution in [0.1, 0.15) is 28.3 Å². The molecule has 0 aliphatic carbocycles. The van der Waals surface area contributed by atoms with E-state index in [0.29, 0.717) is 49.7 Å². The zero-order valence-electron chi connectivity index (χ0n) is 23.8. The summed E-state index contributed by atoms with van der Waals surface area (Å²) in [5.74, 6) is 0.470. The van der Waals surface area contributed by atoms with Gasteiger partial charge in [-0.05, 0) is 54.8 Å². The zero-order valence-corrected chi connectivity index (χ0v) is 24.6. The van der Waals surface area contributed by atoms with Crippen molar-refractivity contribution in [2.45, 2.75) is 31.3 Å². The molecule has 2 heterocycles. The number of aryl methyl sites for hydroxylation is 2. The third-order valence-electron chi connectivity index (χ3n) is 7.53. The first-order chi connectivity index (χ1) is 19.7. The highest BCUT2D eigenvalue weighted by Crippen LogP contribution is 2.37. The number of ether oxygens (including phenoxy) is 2. The molecule has 3 aromatic carbocycles. The molecule has 0 bridgehead atoms. The van der Waals surface area contributed by atoms with Gasteiger partial charge in [-0.15, -0.1) is 0 Å². The van der Waals surface area contributed by atoms with Gasteiger partial charge in [-0.1, -0.05) is 48.0 Å². The molecule has 1 N–H and O–H groups in total. The van der Waals surface area contributed by atoms with Gasteiger partial charge in [0.05, 0.1) is 43.4 Å². The molecular formula is C31H36N4O5S. The molecule has 2 aliphatic rings. The van der Waals surface area contributed by atoms with Crippen LogP contribution in [-0.4, -0.2) is 69.1 Å². The highest BCUT2D eigenvalue weighted by molar-refractivity contribution is 7.89. The number of sulfonamides is 1. The highest BCUT2D eigenvalue weighted by atomic mass is 32.2. The Kier molecular flexibility index (Phi) is 8.46. The van der Waals surface area contributed by atoms with E-state index in [9.17, 15) is 13.2 Å². The maximum Gasteiger partial charge on any atom is 0.255 e. The Labute approximate surface area is 242 Å². The Bertz CT molecular complexity index is 1550. The number of benzene rings is 3. The summed E-state index contributed by atoms with van der Waals surface area (Å²) < 4.78 is 38.9. The molecule has 3 aromatic rings. The van der Waals surface area contributed by atoms with Crippen LogP contribution in [0.2, 0.25) is 0 Å². The lowest BCUT2D eigenvalue weighted by Gasteiger charge is -2.31. The van der Waals surface area contributed by atoms with E-state index < -0.39 is 10.0 Å². The van der Waals surface area contributed by atoms with Gasteiger partial charge in [0.15, 0.2) is 0 Å². The predicted molar refractivity (Wildman–Crippen MR) is 158 cm³/mol. The van der Waals surface area contributed by atoms with Gasteiger partial charge in [-0.2, -0.15) is 4.31 Å². The number of hydrogen-bond acceptors (Lipinski definition) is 7. The van der Waals surface area contributed by atoms with Crippen LogP contribution < -0.4 is 10.1 Å². The number of nitrogens with zero attached hydrogens (tertiary/aromatic N) is 3. The number of likely N-dealkylation sites (N-methyl/N-ethyl adjacent to an activating group) is 1. The number of hydrazine groups is 1. The zero-order chi connectivity index (χ0) is 29.1. The number of methoxy groups -OCH3 is 1. The largest absolute Gasteiger partial charge is 0.497 e. The minimum atomic E-state index is -3.73. The van der Waals surface area contributed by atoms with Crippen LogP contribution in [0.3, 0.4) is 0 Å². The van der Waals surface area contributed by atoms with E-state index in [1.807, 2.05) is 78.7 Å². The summed E-state index contributed by atoms with van der Waals surface area (Å²) in [5.41, 5.74) is 4.74. The van der Waals surface area contributed by atoms with Gasteiger partial charge in [-0.25, -0.2) is 13.4 Å². The van der Waals surface area contributed by atoms with Gasteiger partial charge < -0.3 is 19.8 Å². The molecule has 5 rings (SSSR count).